The summed E-state index contributed by atoms with van der Waals surface area (Å²) < 4.78 is 5.68. The Kier molecular flexibility index (Phi) is 4.65. The number of nitrogens with one attached hydrogen (secondary N) is 1. The highest BCUT2D eigenvalue weighted by molar-refractivity contribution is 6.35. The van der Waals surface area contributed by atoms with Gasteiger partial charge in [-0.25, -0.2) is 0 Å². The molecule has 1 heterocycles. The molecule has 1 N–H and O–H groups in total. The first-order chi connectivity index (χ1) is 11.4. The molecule has 2 aromatic carbocycles. The first-order valence-corrected chi connectivity index (χ1v) is 8.13. The number of amides is 1. The maximum Gasteiger partial charge on any atom is 0.291 e. The van der Waals surface area contributed by atoms with Crippen LogP contribution in [-0.2, 0) is 0 Å². The zero-order valence-electron chi connectivity index (χ0n) is 13.2. The molecule has 0 radical (unpaired) electrons. The molecule has 0 aliphatic heterocycles. The Morgan fingerprint density at radius 1 is 0.917 bits per heavy atom. The third-order valence-corrected chi connectivity index (χ3v) is 4.18. The lowest BCUT2D eigenvalue weighted by Crippen LogP contribution is -2.10. The third kappa shape index (κ3) is 3.64. The zero-order chi connectivity index (χ0) is 17.3. The highest BCUT2D eigenvalue weighted by atomic mass is 35.5. The number of carbonyl (C=O) groups is 1. The van der Waals surface area contributed by atoms with E-state index in [1.807, 2.05) is 25.1 Å². The van der Waals surface area contributed by atoms with Crippen LogP contribution < -0.4 is 5.32 Å². The summed E-state index contributed by atoms with van der Waals surface area (Å²) in [5.74, 6) is 0.509. The van der Waals surface area contributed by atoms with Gasteiger partial charge in [0, 0.05) is 21.3 Å². The number of rotatable bonds is 3. The van der Waals surface area contributed by atoms with Crippen LogP contribution >= 0.6 is 23.2 Å². The van der Waals surface area contributed by atoms with Gasteiger partial charge in [-0.2, -0.15) is 0 Å². The van der Waals surface area contributed by atoms with Crippen LogP contribution in [0.3, 0.4) is 0 Å². The van der Waals surface area contributed by atoms with Crippen molar-refractivity contribution in [3.63, 3.8) is 0 Å². The molecule has 0 saturated heterocycles. The minimum absolute atomic E-state index is 0.222. The van der Waals surface area contributed by atoms with Crippen molar-refractivity contribution >= 4 is 34.8 Å². The van der Waals surface area contributed by atoms with E-state index in [9.17, 15) is 4.79 Å². The fourth-order valence-electron chi connectivity index (χ4n) is 2.33. The van der Waals surface area contributed by atoms with Crippen molar-refractivity contribution in [2.24, 2.45) is 0 Å². The Morgan fingerprint density at radius 2 is 1.62 bits per heavy atom. The van der Waals surface area contributed by atoms with Gasteiger partial charge in [-0.1, -0.05) is 35.3 Å². The van der Waals surface area contributed by atoms with Gasteiger partial charge in [0.15, 0.2) is 5.76 Å². The summed E-state index contributed by atoms with van der Waals surface area (Å²) in [5.41, 5.74) is 3.83. The number of carbonyl (C=O) groups excluding carboxylic acids is 1. The van der Waals surface area contributed by atoms with Gasteiger partial charge in [-0.3, -0.25) is 4.79 Å². The lowest BCUT2D eigenvalue weighted by atomic mass is 10.1. The minimum atomic E-state index is -0.358. The number of aryl methyl sites for hydroxylation is 2. The maximum atomic E-state index is 12.3. The predicted octanol–water partition coefficient (Wildman–Crippen LogP) is 6.12. The summed E-state index contributed by atoms with van der Waals surface area (Å²) in [6.45, 7) is 4.09. The molecule has 0 aliphatic carbocycles. The van der Waals surface area contributed by atoms with Crippen molar-refractivity contribution in [2.75, 3.05) is 5.32 Å². The summed E-state index contributed by atoms with van der Waals surface area (Å²) in [6, 6.07) is 14.3. The number of anilines is 1. The first kappa shape index (κ1) is 16.6. The van der Waals surface area contributed by atoms with E-state index < -0.39 is 0 Å². The fraction of sp³-hybridized carbons (Fsp3) is 0.105. The molecule has 0 unspecified atom stereocenters. The van der Waals surface area contributed by atoms with Gasteiger partial charge in [0.05, 0.1) is 0 Å². The van der Waals surface area contributed by atoms with Crippen molar-refractivity contribution in [1.82, 2.24) is 0 Å². The normalized spacial score (nSPS) is 10.7. The molecule has 0 atom stereocenters. The molecule has 0 fully saturated rings. The van der Waals surface area contributed by atoms with Gasteiger partial charge >= 0.3 is 0 Å². The average molecular weight is 360 g/mol. The molecule has 0 spiro atoms. The lowest BCUT2D eigenvalue weighted by Gasteiger charge is -2.05. The first-order valence-electron chi connectivity index (χ1n) is 7.37. The monoisotopic (exact) mass is 359 g/mol. The average Bonchev–Trinajstić information content (AvgIpc) is 2.99. The fourth-order valence-corrected chi connectivity index (χ4v) is 2.85. The van der Waals surface area contributed by atoms with Crippen LogP contribution in [0.25, 0.3) is 11.3 Å². The van der Waals surface area contributed by atoms with Crippen molar-refractivity contribution in [2.45, 2.75) is 13.8 Å². The van der Waals surface area contributed by atoms with E-state index >= 15 is 0 Å². The standard InChI is InChI=1S/C19H15Cl2NO2/c1-11-3-4-13(7-12(11)2)17-5-6-18(24-17)19(23)22-16-9-14(20)8-15(21)10-16/h3-10H,1-2H3,(H,22,23). The minimum Gasteiger partial charge on any atom is -0.451 e. The second kappa shape index (κ2) is 6.71. The molecule has 1 aromatic heterocycles. The second-order valence-electron chi connectivity index (χ2n) is 5.58. The van der Waals surface area contributed by atoms with Gasteiger partial charge in [-0.15, -0.1) is 0 Å². The SMILES string of the molecule is Cc1ccc(-c2ccc(C(=O)Nc3cc(Cl)cc(Cl)c3)o2)cc1C. The van der Waals surface area contributed by atoms with E-state index in [1.165, 1.54) is 11.1 Å². The highest BCUT2D eigenvalue weighted by Gasteiger charge is 2.13. The Hall–Kier alpha value is -2.23. The Balaban J connectivity index is 1.81. The van der Waals surface area contributed by atoms with Gasteiger partial charge in [-0.05, 0) is 61.4 Å². The summed E-state index contributed by atoms with van der Waals surface area (Å²) >= 11 is 11.9. The zero-order valence-corrected chi connectivity index (χ0v) is 14.7. The van der Waals surface area contributed by atoms with Gasteiger partial charge in [0.1, 0.15) is 5.76 Å². The molecule has 0 saturated carbocycles. The predicted molar refractivity (Wildman–Crippen MR) is 98.0 cm³/mol. The summed E-state index contributed by atoms with van der Waals surface area (Å²) in [6.07, 6.45) is 0. The molecule has 0 bridgehead atoms. The van der Waals surface area contributed by atoms with E-state index in [4.69, 9.17) is 27.6 Å². The van der Waals surface area contributed by atoms with Gasteiger partial charge in [0.25, 0.3) is 5.91 Å². The summed E-state index contributed by atoms with van der Waals surface area (Å²) in [7, 11) is 0. The highest BCUT2D eigenvalue weighted by Crippen LogP contribution is 2.26. The van der Waals surface area contributed by atoms with Crippen LogP contribution in [0.5, 0.6) is 0 Å². The van der Waals surface area contributed by atoms with Crippen LogP contribution in [-0.4, -0.2) is 5.91 Å². The van der Waals surface area contributed by atoms with E-state index in [-0.39, 0.29) is 11.7 Å². The smallest absolute Gasteiger partial charge is 0.291 e. The molecule has 24 heavy (non-hydrogen) atoms. The summed E-state index contributed by atoms with van der Waals surface area (Å²) in [4.78, 5) is 12.3. The van der Waals surface area contributed by atoms with E-state index in [2.05, 4.69) is 12.2 Å². The van der Waals surface area contributed by atoms with Crippen LogP contribution in [0.1, 0.15) is 21.7 Å². The van der Waals surface area contributed by atoms with E-state index in [0.29, 0.717) is 21.5 Å². The van der Waals surface area contributed by atoms with E-state index in [1.54, 1.807) is 30.3 Å². The molecule has 3 aromatic rings. The Morgan fingerprint density at radius 3 is 2.29 bits per heavy atom. The van der Waals surface area contributed by atoms with Crippen LogP contribution in [0, 0.1) is 13.8 Å². The Bertz CT molecular complexity index is 895. The summed E-state index contributed by atoms with van der Waals surface area (Å²) in [5, 5.41) is 3.63. The number of furan rings is 1. The van der Waals surface area contributed by atoms with Crippen molar-refractivity contribution in [3.05, 3.63) is 75.5 Å². The van der Waals surface area contributed by atoms with Crippen LogP contribution in [0.2, 0.25) is 10.0 Å². The van der Waals surface area contributed by atoms with Crippen LogP contribution in [0.4, 0.5) is 5.69 Å². The molecule has 1 amide bonds. The van der Waals surface area contributed by atoms with Crippen molar-refractivity contribution in [3.8, 4) is 11.3 Å². The molecule has 122 valence electrons. The van der Waals surface area contributed by atoms with Crippen LogP contribution in [0.15, 0.2) is 52.9 Å². The molecule has 5 heteroatoms. The third-order valence-electron chi connectivity index (χ3n) is 3.74. The number of hydrogen-bond acceptors (Lipinski definition) is 2. The lowest BCUT2D eigenvalue weighted by molar-refractivity contribution is 0.0997. The quantitative estimate of drug-likeness (QED) is 0.611. The number of hydrogen-bond donors (Lipinski definition) is 1. The Labute approximate surface area is 150 Å². The van der Waals surface area contributed by atoms with Crippen molar-refractivity contribution < 1.29 is 9.21 Å². The van der Waals surface area contributed by atoms with Crippen molar-refractivity contribution in [1.29, 1.82) is 0 Å². The molecular weight excluding hydrogens is 345 g/mol. The molecule has 3 nitrogen and oxygen atoms in total. The second-order valence-corrected chi connectivity index (χ2v) is 6.45. The largest absolute Gasteiger partial charge is 0.451 e. The molecular formula is C19H15Cl2NO2. The number of benzene rings is 2. The molecule has 3 rings (SSSR count). The number of halogens is 2. The van der Waals surface area contributed by atoms with Gasteiger partial charge < -0.3 is 9.73 Å². The molecule has 0 aliphatic rings. The maximum absolute atomic E-state index is 12.3. The van der Waals surface area contributed by atoms with E-state index in [0.717, 1.165) is 5.56 Å². The van der Waals surface area contributed by atoms with Gasteiger partial charge in [0.2, 0.25) is 0 Å². The topological polar surface area (TPSA) is 42.2 Å².